The van der Waals surface area contributed by atoms with Gasteiger partial charge in [-0.3, -0.25) is 14.7 Å². The highest BCUT2D eigenvalue weighted by atomic mass is 16.5. The number of carbonyl (C=O) groups is 1. The van der Waals surface area contributed by atoms with Gasteiger partial charge in [-0.2, -0.15) is 0 Å². The summed E-state index contributed by atoms with van der Waals surface area (Å²) in [5.74, 6) is 0.605. The van der Waals surface area contributed by atoms with Crippen molar-refractivity contribution in [3.8, 4) is 0 Å². The molecule has 1 fully saturated rings. The molecule has 4 N–H and O–H groups in total. The van der Waals surface area contributed by atoms with Gasteiger partial charge >= 0.3 is 0 Å². The van der Waals surface area contributed by atoms with E-state index in [9.17, 15) is 4.79 Å². The summed E-state index contributed by atoms with van der Waals surface area (Å²) in [4.78, 5) is 18.1. The van der Waals surface area contributed by atoms with Crippen LogP contribution in [0.15, 0.2) is 29.3 Å². The number of likely N-dealkylation sites (tertiary alicyclic amines) is 1. The minimum atomic E-state index is -0.177. The average Bonchev–Trinajstić information content (AvgIpc) is 2.75. The topological polar surface area (TPSA) is 92.0 Å². The Morgan fingerprint density at radius 1 is 1.27 bits per heavy atom. The number of nitrogens with one attached hydrogen (secondary N) is 2. The number of unbranched alkanes of at least 4 members (excludes halogenated alkanes) is 1. The number of amides is 1. The van der Waals surface area contributed by atoms with Gasteiger partial charge in [0.25, 0.3) is 0 Å². The lowest BCUT2D eigenvalue weighted by Gasteiger charge is -2.31. The molecule has 1 heterocycles. The zero-order valence-corrected chi connectivity index (χ0v) is 18.7. The van der Waals surface area contributed by atoms with Crippen LogP contribution in [0.5, 0.6) is 0 Å². The van der Waals surface area contributed by atoms with E-state index in [2.05, 4.69) is 51.7 Å². The first-order valence-electron chi connectivity index (χ1n) is 11.2. The predicted molar refractivity (Wildman–Crippen MR) is 122 cm³/mol. The molecule has 7 nitrogen and oxygen atoms in total. The predicted octanol–water partition coefficient (Wildman–Crippen LogP) is 2.26. The van der Waals surface area contributed by atoms with Crippen molar-refractivity contribution in [3.63, 3.8) is 0 Å². The van der Waals surface area contributed by atoms with E-state index < -0.39 is 0 Å². The average molecular weight is 418 g/mol. The highest BCUT2D eigenvalue weighted by molar-refractivity contribution is 5.79. The number of rotatable bonds is 12. The quantitative estimate of drug-likeness (QED) is 0.276. The SMILES string of the molecule is CCCCOCCCNC(=NC)NCc1cccc(CN2CCCC(C(N)=O)C2)c1. The monoisotopic (exact) mass is 417 g/mol. The number of ether oxygens (including phenoxy) is 1. The highest BCUT2D eigenvalue weighted by Crippen LogP contribution is 2.18. The van der Waals surface area contributed by atoms with Gasteiger partial charge in [0.05, 0.1) is 5.92 Å². The third-order valence-electron chi connectivity index (χ3n) is 5.39. The number of piperidine rings is 1. The molecular formula is C23H39N5O2. The summed E-state index contributed by atoms with van der Waals surface area (Å²) in [7, 11) is 1.79. The number of nitrogens with zero attached hydrogens (tertiary/aromatic N) is 2. The molecule has 1 saturated heterocycles. The van der Waals surface area contributed by atoms with Crippen molar-refractivity contribution in [2.24, 2.45) is 16.6 Å². The molecule has 0 aliphatic carbocycles. The van der Waals surface area contributed by atoms with Crippen LogP contribution in [0.25, 0.3) is 0 Å². The highest BCUT2D eigenvalue weighted by Gasteiger charge is 2.23. The molecule has 2 rings (SSSR count). The number of primary amides is 1. The van der Waals surface area contributed by atoms with Crippen LogP contribution in [0.2, 0.25) is 0 Å². The summed E-state index contributed by atoms with van der Waals surface area (Å²) >= 11 is 0. The summed E-state index contributed by atoms with van der Waals surface area (Å²) in [6.07, 6.45) is 5.19. The Balaban J connectivity index is 1.73. The number of nitrogens with two attached hydrogens (primary N) is 1. The van der Waals surface area contributed by atoms with Crippen molar-refractivity contribution in [3.05, 3.63) is 35.4 Å². The molecule has 0 saturated carbocycles. The largest absolute Gasteiger partial charge is 0.381 e. The molecule has 1 aromatic rings. The molecule has 0 bridgehead atoms. The first-order valence-corrected chi connectivity index (χ1v) is 11.2. The fourth-order valence-electron chi connectivity index (χ4n) is 3.66. The van der Waals surface area contributed by atoms with Crippen LogP contribution in [0.1, 0.15) is 50.2 Å². The molecule has 168 valence electrons. The minimum absolute atomic E-state index is 0.0185. The van der Waals surface area contributed by atoms with Gasteiger partial charge in [-0.25, -0.2) is 0 Å². The van der Waals surface area contributed by atoms with E-state index in [0.29, 0.717) is 6.54 Å². The molecule has 0 radical (unpaired) electrons. The third kappa shape index (κ3) is 9.13. The maximum atomic E-state index is 11.5. The third-order valence-corrected chi connectivity index (χ3v) is 5.39. The van der Waals surface area contributed by atoms with Gasteiger partial charge in [-0.1, -0.05) is 37.6 Å². The van der Waals surface area contributed by atoms with E-state index in [-0.39, 0.29) is 11.8 Å². The molecule has 1 unspecified atom stereocenters. The van der Waals surface area contributed by atoms with E-state index in [1.165, 1.54) is 17.5 Å². The molecule has 1 aliphatic heterocycles. The number of hydrogen-bond donors (Lipinski definition) is 3. The first-order chi connectivity index (χ1) is 14.6. The standard InChI is InChI=1S/C23H39N5O2/c1-3-4-13-30-14-7-11-26-23(25-2)27-16-19-8-5-9-20(15-19)17-28-12-6-10-21(18-28)22(24)29/h5,8-9,15,21H,3-4,6-7,10-14,16-18H2,1-2H3,(H2,24,29)(H2,25,26,27). The maximum absolute atomic E-state index is 11.5. The summed E-state index contributed by atoms with van der Waals surface area (Å²) in [6, 6.07) is 8.57. The van der Waals surface area contributed by atoms with E-state index in [4.69, 9.17) is 10.5 Å². The minimum Gasteiger partial charge on any atom is -0.381 e. The fraction of sp³-hybridized carbons (Fsp3) is 0.652. The van der Waals surface area contributed by atoms with Crippen LogP contribution in [0.3, 0.4) is 0 Å². The summed E-state index contributed by atoms with van der Waals surface area (Å²) in [6.45, 7) is 7.97. The molecule has 7 heteroatoms. The van der Waals surface area contributed by atoms with Crippen molar-refractivity contribution in [2.75, 3.05) is 39.9 Å². The normalized spacial score (nSPS) is 17.7. The molecule has 1 amide bonds. The number of benzene rings is 1. The lowest BCUT2D eigenvalue weighted by atomic mass is 9.97. The number of aliphatic imine (C=N–C) groups is 1. The van der Waals surface area contributed by atoms with Gasteiger partial charge in [0, 0.05) is 46.4 Å². The second-order valence-corrected chi connectivity index (χ2v) is 7.97. The van der Waals surface area contributed by atoms with Crippen molar-refractivity contribution in [1.82, 2.24) is 15.5 Å². The lowest BCUT2D eigenvalue weighted by Crippen LogP contribution is -2.40. The summed E-state index contributed by atoms with van der Waals surface area (Å²) in [5, 5.41) is 6.71. The van der Waals surface area contributed by atoms with Gasteiger partial charge in [-0.05, 0) is 43.4 Å². The van der Waals surface area contributed by atoms with Crippen LogP contribution >= 0.6 is 0 Å². The number of hydrogen-bond acceptors (Lipinski definition) is 4. The molecule has 0 spiro atoms. The Bertz CT molecular complexity index is 665. The van der Waals surface area contributed by atoms with E-state index in [1.54, 1.807) is 7.05 Å². The van der Waals surface area contributed by atoms with Gasteiger partial charge < -0.3 is 21.1 Å². The molecule has 1 atom stereocenters. The van der Waals surface area contributed by atoms with Crippen LogP contribution in [0.4, 0.5) is 0 Å². The zero-order chi connectivity index (χ0) is 21.6. The van der Waals surface area contributed by atoms with Crippen LogP contribution in [-0.2, 0) is 22.6 Å². The Hall–Kier alpha value is -2.12. The summed E-state index contributed by atoms with van der Waals surface area (Å²) < 4.78 is 5.58. The number of carbonyl (C=O) groups excluding carboxylic acids is 1. The van der Waals surface area contributed by atoms with E-state index in [1.807, 2.05) is 0 Å². The molecule has 0 aromatic heterocycles. The van der Waals surface area contributed by atoms with Crippen LogP contribution in [-0.4, -0.2) is 56.7 Å². The Labute approximate surface area is 181 Å². The first kappa shape index (κ1) is 24.2. The van der Waals surface area contributed by atoms with Crippen molar-refractivity contribution >= 4 is 11.9 Å². The molecule has 1 aliphatic rings. The van der Waals surface area contributed by atoms with Crippen molar-refractivity contribution < 1.29 is 9.53 Å². The summed E-state index contributed by atoms with van der Waals surface area (Å²) in [5.41, 5.74) is 7.97. The van der Waals surface area contributed by atoms with Crippen molar-refractivity contribution in [1.29, 1.82) is 0 Å². The Morgan fingerprint density at radius 3 is 2.83 bits per heavy atom. The smallest absolute Gasteiger partial charge is 0.221 e. The lowest BCUT2D eigenvalue weighted by molar-refractivity contribution is -0.123. The second kappa shape index (κ2) is 14.0. The second-order valence-electron chi connectivity index (χ2n) is 7.97. The molecule has 30 heavy (non-hydrogen) atoms. The van der Waals surface area contributed by atoms with E-state index in [0.717, 1.165) is 71.0 Å². The van der Waals surface area contributed by atoms with Crippen LogP contribution < -0.4 is 16.4 Å². The Morgan fingerprint density at radius 2 is 2.07 bits per heavy atom. The molecule has 1 aromatic carbocycles. The fourth-order valence-corrected chi connectivity index (χ4v) is 3.66. The Kier molecular flexibility index (Phi) is 11.3. The van der Waals surface area contributed by atoms with Gasteiger partial charge in [0.15, 0.2) is 5.96 Å². The van der Waals surface area contributed by atoms with Crippen LogP contribution in [0, 0.1) is 5.92 Å². The van der Waals surface area contributed by atoms with Gasteiger partial charge in [0.1, 0.15) is 0 Å². The maximum Gasteiger partial charge on any atom is 0.221 e. The van der Waals surface area contributed by atoms with E-state index >= 15 is 0 Å². The van der Waals surface area contributed by atoms with Gasteiger partial charge in [0.2, 0.25) is 5.91 Å². The van der Waals surface area contributed by atoms with Gasteiger partial charge in [-0.15, -0.1) is 0 Å². The molecular weight excluding hydrogens is 378 g/mol. The number of guanidine groups is 1. The zero-order valence-electron chi connectivity index (χ0n) is 18.7. The van der Waals surface area contributed by atoms with Crippen molar-refractivity contribution in [2.45, 2.75) is 52.1 Å².